The molecule has 2 atom stereocenters. The Morgan fingerprint density at radius 2 is 1.95 bits per heavy atom. The van der Waals surface area contributed by atoms with Crippen LogP contribution in [0.2, 0.25) is 0 Å². The Kier molecular flexibility index (Phi) is 6.90. The zero-order valence-corrected chi connectivity index (χ0v) is 23.0. The van der Waals surface area contributed by atoms with Crippen LogP contribution in [0.25, 0.3) is 10.2 Å². The number of ether oxygens (including phenoxy) is 1. The van der Waals surface area contributed by atoms with E-state index in [0.717, 1.165) is 5.56 Å². The van der Waals surface area contributed by atoms with Gasteiger partial charge in [0, 0.05) is 25.3 Å². The van der Waals surface area contributed by atoms with E-state index in [-0.39, 0.29) is 19.0 Å². The zero-order valence-electron chi connectivity index (χ0n) is 22.2. The molecular weight excluding hydrogens is 542 g/mol. The minimum atomic E-state index is -0.770. The molecule has 6 rings (SSSR count). The molecule has 1 unspecified atom stereocenters. The number of nitrogens with zero attached hydrogens (tertiary/aromatic N) is 3. The van der Waals surface area contributed by atoms with Crippen LogP contribution in [0.15, 0.2) is 73.4 Å². The van der Waals surface area contributed by atoms with E-state index in [4.69, 9.17) is 4.74 Å². The van der Waals surface area contributed by atoms with Crippen LogP contribution < -0.4 is 20.3 Å². The van der Waals surface area contributed by atoms with E-state index in [1.54, 1.807) is 17.2 Å². The lowest BCUT2D eigenvalue weighted by molar-refractivity contribution is -0.129. The molecular formula is C30H27N5O5S. The molecule has 41 heavy (non-hydrogen) atoms. The van der Waals surface area contributed by atoms with Crippen LogP contribution in [-0.4, -0.2) is 58.1 Å². The first kappa shape index (κ1) is 26.5. The monoisotopic (exact) mass is 569 g/mol. The number of aryl methyl sites for hydroxylation is 1. The molecule has 2 aliphatic rings. The van der Waals surface area contributed by atoms with E-state index in [0.29, 0.717) is 50.1 Å². The number of piperidine rings is 1. The van der Waals surface area contributed by atoms with Gasteiger partial charge < -0.3 is 25.4 Å². The van der Waals surface area contributed by atoms with E-state index >= 15 is 0 Å². The number of β-amino-alcohol motifs (C(OH)–C–C–N with tert-alkyl or cyclic N) is 1. The maximum absolute atomic E-state index is 13.5. The third kappa shape index (κ3) is 5.01. The van der Waals surface area contributed by atoms with Gasteiger partial charge in [0.1, 0.15) is 21.2 Å². The number of aliphatic hydroxyl groups is 1. The summed E-state index contributed by atoms with van der Waals surface area (Å²) in [6.45, 7) is 5.84. The number of aromatic nitrogens is 1. The van der Waals surface area contributed by atoms with Crippen LogP contribution in [0.1, 0.15) is 21.7 Å². The Hall–Kier alpha value is -4.74. The van der Waals surface area contributed by atoms with Gasteiger partial charge >= 0.3 is 6.03 Å². The van der Waals surface area contributed by atoms with Crippen LogP contribution in [0.4, 0.5) is 21.9 Å². The van der Waals surface area contributed by atoms with Crippen molar-refractivity contribution in [1.82, 2.24) is 15.2 Å². The minimum absolute atomic E-state index is 0.184. The van der Waals surface area contributed by atoms with E-state index < -0.39 is 24.1 Å². The van der Waals surface area contributed by atoms with Crippen molar-refractivity contribution in [1.29, 1.82) is 0 Å². The number of thiophene rings is 1. The Morgan fingerprint density at radius 1 is 1.15 bits per heavy atom. The molecule has 1 fully saturated rings. The molecule has 2 aromatic heterocycles. The number of para-hydroxylation sites is 1. The van der Waals surface area contributed by atoms with Crippen LogP contribution in [0, 0.1) is 6.92 Å². The predicted molar refractivity (Wildman–Crippen MR) is 157 cm³/mol. The number of amides is 4. The van der Waals surface area contributed by atoms with Crippen LogP contribution in [0.3, 0.4) is 0 Å². The fraction of sp³-hybridized carbons (Fsp3) is 0.200. The largest absolute Gasteiger partial charge is 0.457 e. The fourth-order valence-corrected chi connectivity index (χ4v) is 6.31. The number of hydrogen-bond donors (Lipinski definition) is 3. The van der Waals surface area contributed by atoms with Crippen LogP contribution in [-0.2, 0) is 4.79 Å². The molecule has 0 saturated carbocycles. The van der Waals surface area contributed by atoms with Crippen molar-refractivity contribution in [2.75, 3.05) is 23.3 Å². The van der Waals surface area contributed by atoms with Crippen LogP contribution in [0.5, 0.6) is 11.5 Å². The number of carbonyl (C=O) groups excluding carboxylic acids is 3. The average molecular weight is 570 g/mol. The lowest BCUT2D eigenvalue weighted by Gasteiger charge is -2.35. The highest BCUT2D eigenvalue weighted by Gasteiger charge is 2.35. The van der Waals surface area contributed by atoms with Crippen molar-refractivity contribution in [2.24, 2.45) is 0 Å². The fourth-order valence-electron chi connectivity index (χ4n) is 5.29. The quantitative estimate of drug-likeness (QED) is 0.282. The molecule has 2 aliphatic heterocycles. The summed E-state index contributed by atoms with van der Waals surface area (Å²) in [5.74, 6) is 0.635. The smallest absolute Gasteiger partial charge is 0.331 e. The third-order valence-electron chi connectivity index (χ3n) is 7.09. The highest BCUT2D eigenvalue weighted by molar-refractivity contribution is 7.21. The maximum atomic E-state index is 13.5. The average Bonchev–Trinajstić information content (AvgIpc) is 3.33. The van der Waals surface area contributed by atoms with Gasteiger partial charge in [-0.2, -0.15) is 0 Å². The minimum Gasteiger partial charge on any atom is -0.457 e. The standard InChI is InChI=1S/C30H27N5O5S/c1-3-24(37)34-15-18(14-19(36)16-34)32-28(38)27-26-25-23(11-12-31-29(25)41-27)35(30(39)33-26)22-10-9-21(13-17(22)2)40-20-7-5-4-6-8-20/h3-13,18-19,36H,1,14-16H2,2H3,(H,32,38)(H,33,39)/t18-,19?/m1/s1. The number of carbonyl (C=O) groups is 3. The summed E-state index contributed by atoms with van der Waals surface area (Å²) in [7, 11) is 0. The zero-order chi connectivity index (χ0) is 28.7. The Bertz CT molecular complexity index is 1690. The highest BCUT2D eigenvalue weighted by Crippen LogP contribution is 2.46. The number of urea groups is 1. The number of benzene rings is 2. The molecule has 3 N–H and O–H groups in total. The van der Waals surface area contributed by atoms with Crippen molar-refractivity contribution < 1.29 is 24.2 Å². The molecule has 4 heterocycles. The van der Waals surface area contributed by atoms with Crippen LogP contribution >= 0.6 is 11.3 Å². The van der Waals surface area contributed by atoms with Crippen molar-refractivity contribution in [3.63, 3.8) is 0 Å². The summed E-state index contributed by atoms with van der Waals surface area (Å²) in [5.41, 5.74) is 2.50. The second-order valence-corrected chi connectivity index (χ2v) is 11.0. The van der Waals surface area contributed by atoms with Gasteiger partial charge in [0.05, 0.1) is 28.6 Å². The van der Waals surface area contributed by atoms with Crippen molar-refractivity contribution in [3.8, 4) is 11.5 Å². The third-order valence-corrected chi connectivity index (χ3v) is 8.19. The van der Waals surface area contributed by atoms with Gasteiger partial charge in [0.25, 0.3) is 5.91 Å². The number of aliphatic hydroxyl groups excluding tert-OH is 1. The summed E-state index contributed by atoms with van der Waals surface area (Å²) in [4.78, 5) is 47.5. The number of hydrogen-bond acceptors (Lipinski definition) is 7. The Balaban J connectivity index is 1.29. The van der Waals surface area contributed by atoms with Gasteiger partial charge in [0.2, 0.25) is 5.91 Å². The first-order valence-electron chi connectivity index (χ1n) is 13.1. The molecule has 10 nitrogen and oxygen atoms in total. The van der Waals surface area contributed by atoms with E-state index in [2.05, 4.69) is 22.2 Å². The van der Waals surface area contributed by atoms with Gasteiger partial charge in [0.15, 0.2) is 0 Å². The second-order valence-electron chi connectivity index (χ2n) is 9.95. The Morgan fingerprint density at radius 3 is 2.71 bits per heavy atom. The number of anilines is 3. The van der Waals surface area contributed by atoms with Crippen molar-refractivity contribution in [2.45, 2.75) is 25.5 Å². The molecule has 0 aliphatic carbocycles. The lowest BCUT2D eigenvalue weighted by Crippen LogP contribution is -2.54. The predicted octanol–water partition coefficient (Wildman–Crippen LogP) is 4.96. The molecule has 11 heteroatoms. The van der Waals surface area contributed by atoms with Gasteiger partial charge in [-0.1, -0.05) is 24.8 Å². The van der Waals surface area contributed by atoms with Gasteiger partial charge in [-0.15, -0.1) is 11.3 Å². The first-order chi connectivity index (χ1) is 19.8. The molecule has 208 valence electrons. The topological polar surface area (TPSA) is 124 Å². The van der Waals surface area contributed by atoms with Gasteiger partial charge in [-0.25, -0.2) is 9.78 Å². The van der Waals surface area contributed by atoms with E-state index in [1.807, 2.05) is 55.5 Å². The lowest BCUT2D eigenvalue weighted by atomic mass is 10.0. The molecule has 0 radical (unpaired) electrons. The van der Waals surface area contributed by atoms with Gasteiger partial charge in [-0.05, 0) is 61.4 Å². The van der Waals surface area contributed by atoms with E-state index in [9.17, 15) is 19.5 Å². The van der Waals surface area contributed by atoms with Crippen molar-refractivity contribution in [3.05, 3.63) is 83.9 Å². The highest BCUT2D eigenvalue weighted by atomic mass is 32.1. The normalized spacial score (nSPS) is 18.1. The van der Waals surface area contributed by atoms with E-state index in [1.165, 1.54) is 22.3 Å². The molecule has 4 amide bonds. The summed E-state index contributed by atoms with van der Waals surface area (Å²) >= 11 is 1.18. The summed E-state index contributed by atoms with van der Waals surface area (Å²) in [6, 6.07) is 15.8. The number of likely N-dealkylation sites (tertiary alicyclic amines) is 1. The summed E-state index contributed by atoms with van der Waals surface area (Å²) < 4.78 is 5.95. The maximum Gasteiger partial charge on any atom is 0.331 e. The molecule has 0 bridgehead atoms. The summed E-state index contributed by atoms with van der Waals surface area (Å²) in [6.07, 6.45) is 2.34. The Labute approximate surface area is 239 Å². The summed E-state index contributed by atoms with van der Waals surface area (Å²) in [5, 5.41) is 16.8. The van der Waals surface area contributed by atoms with Gasteiger partial charge in [-0.3, -0.25) is 14.5 Å². The first-order valence-corrected chi connectivity index (χ1v) is 13.9. The molecule has 1 saturated heterocycles. The number of rotatable bonds is 6. The number of pyridine rings is 1. The van der Waals surface area contributed by atoms with Crippen molar-refractivity contribution >= 4 is 56.5 Å². The SMILES string of the molecule is C=CC(=O)N1CC(O)C[C@@H](NC(=O)c2sc3nccc4c3c2NC(=O)N4c2ccc(Oc3ccccc3)cc2C)C1. The number of nitrogens with one attached hydrogen (secondary N) is 2. The molecule has 0 spiro atoms. The second kappa shape index (κ2) is 10.7. The molecule has 2 aromatic carbocycles. The molecule has 4 aromatic rings.